The molecule has 1 aromatic rings. The third-order valence-corrected chi connectivity index (χ3v) is 3.35. The van der Waals surface area contributed by atoms with Crippen LogP contribution in [0.4, 0.5) is 5.69 Å². The summed E-state index contributed by atoms with van der Waals surface area (Å²) in [6, 6.07) is 5.19. The van der Waals surface area contributed by atoms with Gasteiger partial charge in [-0.2, -0.15) is 0 Å². The number of carbonyl (C=O) groups is 1. The Kier molecular flexibility index (Phi) is 4.20. The highest BCUT2D eigenvalue weighted by molar-refractivity contribution is 5.96. The van der Waals surface area contributed by atoms with E-state index in [0.29, 0.717) is 5.69 Å². The number of anilines is 1. The number of aromatic hydroxyl groups is 1. The Bertz CT molecular complexity index is 426. The minimum absolute atomic E-state index is 0.0572. The van der Waals surface area contributed by atoms with Gasteiger partial charge in [0.15, 0.2) is 0 Å². The lowest BCUT2D eigenvalue weighted by molar-refractivity contribution is -0.118. The van der Waals surface area contributed by atoms with E-state index in [-0.39, 0.29) is 17.7 Å². The van der Waals surface area contributed by atoms with E-state index in [1.165, 1.54) is 0 Å². The average Bonchev–Trinajstić information content (AvgIpc) is 2.42. The van der Waals surface area contributed by atoms with E-state index in [1.54, 1.807) is 6.07 Å². The van der Waals surface area contributed by atoms with Gasteiger partial charge in [-0.25, -0.2) is 0 Å². The summed E-state index contributed by atoms with van der Waals surface area (Å²) in [4.78, 5) is 12.0. The average molecular weight is 248 g/mol. The molecule has 0 bridgehead atoms. The molecule has 1 aliphatic rings. The number of amides is 1. The first kappa shape index (κ1) is 12.9. The topological polar surface area (TPSA) is 61.4 Å². The van der Waals surface area contributed by atoms with Crippen molar-refractivity contribution in [2.24, 2.45) is 0 Å². The second-order valence-corrected chi connectivity index (χ2v) is 4.70. The van der Waals surface area contributed by atoms with Crippen LogP contribution in [0.25, 0.3) is 0 Å². The molecule has 1 amide bonds. The van der Waals surface area contributed by atoms with Crippen molar-refractivity contribution < 1.29 is 9.90 Å². The molecule has 4 heteroatoms. The first-order chi connectivity index (χ1) is 8.70. The molecule has 1 heterocycles. The number of nitrogens with one attached hydrogen (secondary N) is 2. The van der Waals surface area contributed by atoms with Gasteiger partial charge in [-0.3, -0.25) is 4.79 Å². The summed E-state index contributed by atoms with van der Waals surface area (Å²) < 4.78 is 0. The molecular formula is C14H20N2O2. The van der Waals surface area contributed by atoms with Crippen molar-refractivity contribution in [1.29, 1.82) is 0 Å². The summed E-state index contributed by atoms with van der Waals surface area (Å²) in [5.41, 5.74) is 1.60. The Balaban J connectivity index is 2.05. The summed E-state index contributed by atoms with van der Waals surface area (Å²) in [5.74, 6) is 0.0645. The molecule has 0 aliphatic carbocycles. The van der Waals surface area contributed by atoms with E-state index in [4.69, 9.17) is 0 Å². The molecule has 1 saturated heterocycles. The normalized spacial score (nSPS) is 19.5. The van der Waals surface area contributed by atoms with Crippen LogP contribution < -0.4 is 10.6 Å². The number of benzene rings is 1. The predicted molar refractivity (Wildman–Crippen MR) is 71.8 cm³/mol. The molecular weight excluding hydrogens is 228 g/mol. The Morgan fingerprint density at radius 1 is 1.50 bits per heavy atom. The molecule has 1 fully saturated rings. The van der Waals surface area contributed by atoms with E-state index in [9.17, 15) is 9.90 Å². The number of phenols is 1. The zero-order chi connectivity index (χ0) is 13.0. The van der Waals surface area contributed by atoms with E-state index >= 15 is 0 Å². The van der Waals surface area contributed by atoms with Gasteiger partial charge < -0.3 is 15.7 Å². The van der Waals surface area contributed by atoms with Crippen LogP contribution in [-0.2, 0) is 11.2 Å². The number of hydrogen-bond donors (Lipinski definition) is 3. The molecule has 98 valence electrons. The Hall–Kier alpha value is -1.55. The first-order valence-electron chi connectivity index (χ1n) is 6.57. The Morgan fingerprint density at radius 3 is 3.00 bits per heavy atom. The van der Waals surface area contributed by atoms with Crippen molar-refractivity contribution in [3.05, 3.63) is 23.8 Å². The molecule has 1 aromatic carbocycles. The fraction of sp³-hybridized carbons (Fsp3) is 0.500. The van der Waals surface area contributed by atoms with Gasteiger partial charge >= 0.3 is 0 Å². The number of aryl methyl sites for hydroxylation is 1. The molecule has 1 unspecified atom stereocenters. The molecule has 0 saturated carbocycles. The fourth-order valence-corrected chi connectivity index (χ4v) is 2.20. The van der Waals surface area contributed by atoms with Crippen molar-refractivity contribution in [3.63, 3.8) is 0 Å². The summed E-state index contributed by atoms with van der Waals surface area (Å²) in [6.45, 7) is 2.93. The minimum atomic E-state index is -0.136. The van der Waals surface area contributed by atoms with Crippen molar-refractivity contribution >= 4 is 11.6 Å². The monoisotopic (exact) mass is 248 g/mol. The first-order valence-corrected chi connectivity index (χ1v) is 6.57. The Labute approximate surface area is 107 Å². The highest BCUT2D eigenvalue weighted by Crippen LogP contribution is 2.25. The molecule has 0 radical (unpaired) electrons. The lowest BCUT2D eigenvalue weighted by atomic mass is 10.0. The van der Waals surface area contributed by atoms with E-state index in [2.05, 4.69) is 10.6 Å². The second-order valence-electron chi connectivity index (χ2n) is 4.70. The van der Waals surface area contributed by atoms with Crippen LogP contribution in [0.5, 0.6) is 5.75 Å². The number of hydrogen-bond acceptors (Lipinski definition) is 3. The van der Waals surface area contributed by atoms with Crippen molar-refractivity contribution in [2.75, 3.05) is 11.9 Å². The van der Waals surface area contributed by atoms with E-state index < -0.39 is 0 Å². The molecule has 4 nitrogen and oxygen atoms in total. The molecule has 0 aromatic heterocycles. The summed E-state index contributed by atoms with van der Waals surface area (Å²) in [7, 11) is 0. The number of piperidine rings is 1. The lowest BCUT2D eigenvalue weighted by Gasteiger charge is -2.22. The third kappa shape index (κ3) is 3.01. The second kappa shape index (κ2) is 5.87. The maximum Gasteiger partial charge on any atom is 0.241 e. The maximum atomic E-state index is 12.0. The van der Waals surface area contributed by atoms with Crippen LogP contribution in [0, 0.1) is 0 Å². The minimum Gasteiger partial charge on any atom is -0.506 e. The Morgan fingerprint density at radius 2 is 2.33 bits per heavy atom. The molecule has 3 N–H and O–H groups in total. The van der Waals surface area contributed by atoms with Gasteiger partial charge in [-0.05, 0) is 43.5 Å². The van der Waals surface area contributed by atoms with Gasteiger partial charge in [0.25, 0.3) is 0 Å². The fourth-order valence-electron chi connectivity index (χ4n) is 2.20. The largest absolute Gasteiger partial charge is 0.506 e. The van der Waals surface area contributed by atoms with Gasteiger partial charge in [0.1, 0.15) is 5.75 Å². The SMILES string of the molecule is CCc1ccc(O)c(NC(=O)C2CCCCN2)c1. The quantitative estimate of drug-likeness (QED) is 0.717. The number of carbonyl (C=O) groups excluding carboxylic acids is 1. The number of phenolic OH excluding ortho intramolecular Hbond substituents is 1. The zero-order valence-electron chi connectivity index (χ0n) is 10.7. The van der Waals surface area contributed by atoms with Gasteiger partial charge in [0.2, 0.25) is 5.91 Å². The third-order valence-electron chi connectivity index (χ3n) is 3.35. The number of rotatable bonds is 3. The molecule has 0 spiro atoms. The van der Waals surface area contributed by atoms with Crippen LogP contribution in [-0.4, -0.2) is 23.6 Å². The van der Waals surface area contributed by atoms with E-state index in [0.717, 1.165) is 37.8 Å². The van der Waals surface area contributed by atoms with Crippen LogP contribution in [0.2, 0.25) is 0 Å². The maximum absolute atomic E-state index is 12.0. The highest BCUT2D eigenvalue weighted by Gasteiger charge is 2.21. The van der Waals surface area contributed by atoms with Gasteiger partial charge in [0, 0.05) is 0 Å². The highest BCUT2D eigenvalue weighted by atomic mass is 16.3. The van der Waals surface area contributed by atoms with Crippen LogP contribution >= 0.6 is 0 Å². The zero-order valence-corrected chi connectivity index (χ0v) is 10.7. The van der Waals surface area contributed by atoms with Crippen LogP contribution in [0.15, 0.2) is 18.2 Å². The smallest absolute Gasteiger partial charge is 0.241 e. The van der Waals surface area contributed by atoms with Crippen LogP contribution in [0.1, 0.15) is 31.7 Å². The van der Waals surface area contributed by atoms with Crippen molar-refractivity contribution in [3.8, 4) is 5.75 Å². The standard InChI is InChI=1S/C14H20N2O2/c1-2-10-6-7-13(17)12(9-10)16-14(18)11-5-3-4-8-15-11/h6-7,9,11,15,17H,2-5,8H2,1H3,(H,16,18). The summed E-state index contributed by atoms with van der Waals surface area (Å²) in [6.07, 6.45) is 3.94. The molecule has 2 rings (SSSR count). The van der Waals surface area contributed by atoms with Gasteiger partial charge in [-0.15, -0.1) is 0 Å². The summed E-state index contributed by atoms with van der Waals surface area (Å²) >= 11 is 0. The van der Waals surface area contributed by atoms with Gasteiger partial charge in [0.05, 0.1) is 11.7 Å². The van der Waals surface area contributed by atoms with Crippen molar-refractivity contribution in [2.45, 2.75) is 38.6 Å². The molecule has 18 heavy (non-hydrogen) atoms. The van der Waals surface area contributed by atoms with Gasteiger partial charge in [-0.1, -0.05) is 19.4 Å². The lowest BCUT2D eigenvalue weighted by Crippen LogP contribution is -2.43. The summed E-state index contributed by atoms with van der Waals surface area (Å²) in [5, 5.41) is 15.7. The van der Waals surface area contributed by atoms with Crippen molar-refractivity contribution in [1.82, 2.24) is 5.32 Å². The van der Waals surface area contributed by atoms with E-state index in [1.807, 2.05) is 19.1 Å². The molecule has 1 atom stereocenters. The predicted octanol–water partition coefficient (Wildman–Crippen LogP) is 2.04. The molecule has 1 aliphatic heterocycles. The van der Waals surface area contributed by atoms with Crippen LogP contribution in [0.3, 0.4) is 0 Å².